The number of morpholine rings is 1. The summed E-state index contributed by atoms with van der Waals surface area (Å²) in [7, 11) is 3.89. The Morgan fingerprint density at radius 3 is 3.05 bits per heavy atom. The predicted molar refractivity (Wildman–Crippen MR) is 71.9 cm³/mol. The molecule has 4 nitrogen and oxygen atoms in total. The first-order valence-corrected chi connectivity index (χ1v) is 6.54. The van der Waals surface area contributed by atoms with Crippen LogP contribution in [0.25, 0.3) is 0 Å². The highest BCUT2D eigenvalue weighted by Crippen LogP contribution is 2.17. The maximum atomic E-state index is 13.4. The SMILES string of the molecule is CNCc1cc(F)cc(OCC2CN(C)CCO2)c1. The number of benzene rings is 1. The first-order chi connectivity index (χ1) is 9.17. The lowest BCUT2D eigenvalue weighted by Crippen LogP contribution is -2.42. The van der Waals surface area contributed by atoms with Crippen molar-refractivity contribution in [1.82, 2.24) is 10.2 Å². The lowest BCUT2D eigenvalue weighted by molar-refractivity contribution is -0.0404. The van der Waals surface area contributed by atoms with E-state index in [0.29, 0.717) is 18.9 Å². The lowest BCUT2D eigenvalue weighted by atomic mass is 10.2. The van der Waals surface area contributed by atoms with Crippen LogP contribution in [0, 0.1) is 5.82 Å². The van der Waals surface area contributed by atoms with Gasteiger partial charge in [0.15, 0.2) is 0 Å². The molecule has 1 atom stereocenters. The largest absolute Gasteiger partial charge is 0.491 e. The van der Waals surface area contributed by atoms with Crippen molar-refractivity contribution in [1.29, 1.82) is 0 Å². The summed E-state index contributed by atoms with van der Waals surface area (Å²) in [5.74, 6) is 0.284. The van der Waals surface area contributed by atoms with Gasteiger partial charge in [-0.05, 0) is 31.8 Å². The number of nitrogens with one attached hydrogen (secondary N) is 1. The summed E-state index contributed by atoms with van der Waals surface area (Å²) in [5, 5.41) is 3.00. The Kier molecular flexibility index (Phi) is 5.13. The van der Waals surface area contributed by atoms with E-state index < -0.39 is 0 Å². The number of halogens is 1. The Labute approximate surface area is 113 Å². The molecule has 0 bridgehead atoms. The van der Waals surface area contributed by atoms with Gasteiger partial charge >= 0.3 is 0 Å². The van der Waals surface area contributed by atoms with E-state index in [1.807, 2.05) is 13.1 Å². The van der Waals surface area contributed by atoms with E-state index in [2.05, 4.69) is 17.3 Å². The van der Waals surface area contributed by atoms with E-state index in [0.717, 1.165) is 25.3 Å². The van der Waals surface area contributed by atoms with Gasteiger partial charge in [0.05, 0.1) is 6.61 Å². The van der Waals surface area contributed by atoms with Crippen LogP contribution in [0.5, 0.6) is 5.75 Å². The summed E-state index contributed by atoms with van der Waals surface area (Å²) >= 11 is 0. The summed E-state index contributed by atoms with van der Waals surface area (Å²) in [6.45, 7) is 3.59. The second kappa shape index (κ2) is 6.84. The van der Waals surface area contributed by atoms with Crippen LogP contribution in [0.2, 0.25) is 0 Å². The summed E-state index contributed by atoms with van der Waals surface area (Å²) < 4.78 is 24.7. The van der Waals surface area contributed by atoms with Crippen LogP contribution in [0.3, 0.4) is 0 Å². The third-order valence-electron chi connectivity index (χ3n) is 3.09. The molecule has 1 unspecified atom stereocenters. The Bertz CT molecular complexity index is 414. The Morgan fingerprint density at radius 1 is 1.47 bits per heavy atom. The standard InChI is InChI=1S/C14H21FN2O2/c1-16-8-11-5-12(15)7-13(6-11)19-10-14-9-17(2)3-4-18-14/h5-7,14,16H,3-4,8-10H2,1-2H3. The highest BCUT2D eigenvalue weighted by atomic mass is 19.1. The average molecular weight is 268 g/mol. The quantitative estimate of drug-likeness (QED) is 0.871. The number of rotatable bonds is 5. The van der Waals surface area contributed by atoms with E-state index >= 15 is 0 Å². The summed E-state index contributed by atoms with van der Waals surface area (Å²) in [6, 6.07) is 4.77. The second-order valence-electron chi connectivity index (χ2n) is 4.89. The van der Waals surface area contributed by atoms with Gasteiger partial charge in [0.2, 0.25) is 0 Å². The van der Waals surface area contributed by atoms with Crippen molar-refractivity contribution in [2.24, 2.45) is 0 Å². The van der Waals surface area contributed by atoms with Crippen molar-refractivity contribution in [3.05, 3.63) is 29.6 Å². The van der Waals surface area contributed by atoms with Crippen molar-refractivity contribution in [2.75, 3.05) is 40.4 Å². The van der Waals surface area contributed by atoms with E-state index in [1.54, 1.807) is 0 Å². The minimum absolute atomic E-state index is 0.0507. The van der Waals surface area contributed by atoms with Crippen LogP contribution in [0.15, 0.2) is 18.2 Å². The molecule has 0 radical (unpaired) electrons. The molecule has 0 aromatic heterocycles. The molecule has 1 aliphatic heterocycles. The van der Waals surface area contributed by atoms with Crippen molar-refractivity contribution >= 4 is 0 Å². The molecule has 1 fully saturated rings. The highest BCUT2D eigenvalue weighted by Gasteiger charge is 2.18. The molecule has 1 aromatic carbocycles. The van der Waals surface area contributed by atoms with Crippen LogP contribution in [-0.4, -0.2) is 51.4 Å². The molecule has 1 aromatic rings. The molecular formula is C14H21FN2O2. The number of hydrogen-bond acceptors (Lipinski definition) is 4. The Balaban J connectivity index is 1.91. The van der Waals surface area contributed by atoms with Crippen molar-refractivity contribution in [3.63, 3.8) is 0 Å². The van der Waals surface area contributed by atoms with E-state index in [1.165, 1.54) is 12.1 Å². The van der Waals surface area contributed by atoms with Gasteiger partial charge in [-0.25, -0.2) is 4.39 Å². The van der Waals surface area contributed by atoms with Gasteiger partial charge in [0, 0.05) is 25.7 Å². The lowest BCUT2D eigenvalue weighted by Gasteiger charge is -2.29. The van der Waals surface area contributed by atoms with Gasteiger partial charge in [-0.3, -0.25) is 0 Å². The third-order valence-corrected chi connectivity index (χ3v) is 3.09. The summed E-state index contributed by atoms with van der Waals surface area (Å²) in [5.41, 5.74) is 0.874. The van der Waals surface area contributed by atoms with Gasteiger partial charge in [0.1, 0.15) is 24.3 Å². The van der Waals surface area contributed by atoms with Crippen LogP contribution in [0.4, 0.5) is 4.39 Å². The molecule has 106 valence electrons. The van der Waals surface area contributed by atoms with Crippen LogP contribution in [0.1, 0.15) is 5.56 Å². The first-order valence-electron chi connectivity index (χ1n) is 6.54. The minimum Gasteiger partial charge on any atom is -0.491 e. The molecule has 1 N–H and O–H groups in total. The minimum atomic E-state index is -0.274. The van der Waals surface area contributed by atoms with Gasteiger partial charge in [0.25, 0.3) is 0 Å². The fourth-order valence-corrected chi connectivity index (χ4v) is 2.17. The number of ether oxygens (including phenoxy) is 2. The molecule has 0 amide bonds. The molecule has 2 rings (SSSR count). The number of likely N-dealkylation sites (N-methyl/N-ethyl adjacent to an activating group) is 1. The Morgan fingerprint density at radius 2 is 2.32 bits per heavy atom. The normalized spacial score (nSPS) is 20.5. The summed E-state index contributed by atoms with van der Waals surface area (Å²) in [6.07, 6.45) is 0.0507. The monoisotopic (exact) mass is 268 g/mol. The molecule has 1 aliphatic rings. The summed E-state index contributed by atoms with van der Waals surface area (Å²) in [4.78, 5) is 2.20. The van der Waals surface area contributed by atoms with E-state index in [9.17, 15) is 4.39 Å². The third kappa shape index (κ3) is 4.45. The maximum Gasteiger partial charge on any atom is 0.127 e. The van der Waals surface area contributed by atoms with Gasteiger partial charge in [-0.15, -0.1) is 0 Å². The molecule has 19 heavy (non-hydrogen) atoms. The molecule has 1 heterocycles. The number of hydrogen-bond donors (Lipinski definition) is 1. The molecule has 0 saturated carbocycles. The van der Waals surface area contributed by atoms with Crippen molar-refractivity contribution in [3.8, 4) is 5.75 Å². The first kappa shape index (κ1) is 14.2. The zero-order valence-electron chi connectivity index (χ0n) is 11.5. The molecule has 0 spiro atoms. The van der Waals surface area contributed by atoms with Crippen LogP contribution >= 0.6 is 0 Å². The van der Waals surface area contributed by atoms with E-state index in [4.69, 9.17) is 9.47 Å². The average Bonchev–Trinajstić information content (AvgIpc) is 2.36. The van der Waals surface area contributed by atoms with Crippen LogP contribution < -0.4 is 10.1 Å². The van der Waals surface area contributed by atoms with Gasteiger partial charge in [-0.1, -0.05) is 0 Å². The number of nitrogens with zero attached hydrogens (tertiary/aromatic N) is 1. The van der Waals surface area contributed by atoms with E-state index in [-0.39, 0.29) is 11.9 Å². The second-order valence-corrected chi connectivity index (χ2v) is 4.89. The molecule has 5 heteroatoms. The zero-order chi connectivity index (χ0) is 13.7. The topological polar surface area (TPSA) is 33.7 Å². The van der Waals surface area contributed by atoms with Gasteiger partial charge in [-0.2, -0.15) is 0 Å². The smallest absolute Gasteiger partial charge is 0.127 e. The molecular weight excluding hydrogens is 247 g/mol. The van der Waals surface area contributed by atoms with Crippen molar-refractivity contribution < 1.29 is 13.9 Å². The zero-order valence-corrected chi connectivity index (χ0v) is 11.5. The van der Waals surface area contributed by atoms with Crippen molar-refractivity contribution in [2.45, 2.75) is 12.6 Å². The fourth-order valence-electron chi connectivity index (χ4n) is 2.17. The molecule has 1 saturated heterocycles. The predicted octanol–water partition coefficient (Wildman–Crippen LogP) is 1.25. The Hall–Kier alpha value is -1.17. The highest BCUT2D eigenvalue weighted by molar-refractivity contribution is 5.29. The van der Waals surface area contributed by atoms with Crippen LogP contribution in [-0.2, 0) is 11.3 Å². The van der Waals surface area contributed by atoms with Gasteiger partial charge < -0.3 is 19.7 Å². The maximum absolute atomic E-state index is 13.4. The molecule has 0 aliphatic carbocycles. The fraction of sp³-hybridized carbons (Fsp3) is 0.571.